The van der Waals surface area contributed by atoms with Gasteiger partial charge >= 0.3 is 0 Å². The lowest BCUT2D eigenvalue weighted by atomic mass is 9.93. The van der Waals surface area contributed by atoms with E-state index in [0.717, 1.165) is 115 Å². The minimum atomic E-state index is -0.302. The summed E-state index contributed by atoms with van der Waals surface area (Å²) in [6.45, 7) is 0. The highest BCUT2D eigenvalue weighted by Crippen LogP contribution is 2.55. The second kappa shape index (κ2) is 16.9. The molecule has 2 heterocycles. The van der Waals surface area contributed by atoms with Crippen molar-refractivity contribution in [3.63, 3.8) is 0 Å². The van der Waals surface area contributed by atoms with E-state index in [4.69, 9.17) is 4.42 Å². The molecular formula is C64H41FN2OS. The molecule has 13 rings (SSSR count). The molecule has 0 spiro atoms. The number of benzene rings is 11. The standard InChI is InChI=1S/C64H41FN2OS/c65-55-40-45(42-19-5-1-6-20-42)39-54(44-23-9-3-10-24-44)63(55)67(46-25-11-4-12-26-46)57-38-37-51-50-36-35-47(41-61(50)69-60-34-18-30-53(57)62(51)60)66(56-31-15-13-27-48(56)43-21-7-2-8-22-43)58-32-17-29-52-49-28-14-16-33-59(49)68-64(52)58/h1-41H. The number of anilines is 6. The Balaban J connectivity index is 0.992. The molecule has 1 aliphatic heterocycles. The van der Waals surface area contributed by atoms with Gasteiger partial charge in [-0.2, -0.15) is 0 Å². The van der Waals surface area contributed by atoms with Crippen LogP contribution in [0.15, 0.2) is 263 Å². The lowest BCUT2D eigenvalue weighted by molar-refractivity contribution is 0.630. The van der Waals surface area contributed by atoms with Crippen molar-refractivity contribution >= 4 is 78.6 Å². The maximum atomic E-state index is 17.5. The van der Waals surface area contributed by atoms with Crippen molar-refractivity contribution in [1.82, 2.24) is 0 Å². The third-order valence-electron chi connectivity index (χ3n) is 13.3. The first-order valence-corrected chi connectivity index (χ1v) is 24.0. The second-order valence-corrected chi connectivity index (χ2v) is 18.4. The third-order valence-corrected chi connectivity index (χ3v) is 14.4. The fraction of sp³-hybridized carbons (Fsp3) is 0. The number of furan rings is 1. The van der Waals surface area contributed by atoms with Crippen LogP contribution in [0.4, 0.5) is 38.5 Å². The SMILES string of the molecule is Fc1cc(-c2ccccc2)cc(-c2ccccc2)c1N(c1ccccc1)c1ccc2c3c(cccc13)Sc1cc(N(c3ccccc3-c3ccccc3)c3cccc4c3oc3ccccc34)ccc1-2. The van der Waals surface area contributed by atoms with Gasteiger partial charge in [-0.3, -0.25) is 0 Å². The molecule has 1 aromatic heterocycles. The Bertz CT molecular complexity index is 3890. The maximum Gasteiger partial charge on any atom is 0.159 e. The normalized spacial score (nSPS) is 11.8. The zero-order chi connectivity index (χ0) is 45.8. The van der Waals surface area contributed by atoms with E-state index < -0.39 is 0 Å². The van der Waals surface area contributed by atoms with E-state index in [9.17, 15) is 0 Å². The highest BCUT2D eigenvalue weighted by atomic mass is 32.2. The van der Waals surface area contributed by atoms with Crippen molar-refractivity contribution in [3.05, 3.63) is 255 Å². The van der Waals surface area contributed by atoms with Gasteiger partial charge in [0.1, 0.15) is 11.4 Å². The summed E-state index contributed by atoms with van der Waals surface area (Å²) in [5, 5.41) is 4.34. The van der Waals surface area contributed by atoms with Crippen LogP contribution < -0.4 is 9.80 Å². The molecule has 11 aromatic carbocycles. The molecule has 0 aliphatic carbocycles. The Kier molecular flexibility index (Phi) is 9.95. The minimum Gasteiger partial charge on any atom is -0.454 e. The van der Waals surface area contributed by atoms with Gasteiger partial charge in [0.15, 0.2) is 5.58 Å². The Morgan fingerprint density at radius 1 is 0.348 bits per heavy atom. The van der Waals surface area contributed by atoms with Crippen LogP contribution in [0.3, 0.4) is 0 Å². The van der Waals surface area contributed by atoms with E-state index in [1.165, 1.54) is 0 Å². The molecule has 1 aliphatic rings. The maximum absolute atomic E-state index is 17.5. The highest BCUT2D eigenvalue weighted by Gasteiger charge is 2.29. The largest absolute Gasteiger partial charge is 0.454 e. The van der Waals surface area contributed by atoms with Crippen LogP contribution in [0.5, 0.6) is 0 Å². The number of hydrogen-bond donors (Lipinski definition) is 0. The van der Waals surface area contributed by atoms with Crippen LogP contribution in [-0.4, -0.2) is 0 Å². The molecule has 12 aromatic rings. The van der Waals surface area contributed by atoms with E-state index in [1.807, 2.05) is 78.9 Å². The predicted octanol–water partition coefficient (Wildman–Crippen LogP) is 19.0. The lowest BCUT2D eigenvalue weighted by Crippen LogP contribution is -2.14. The first-order chi connectivity index (χ1) is 34.2. The molecule has 0 saturated heterocycles. The molecule has 69 heavy (non-hydrogen) atoms. The van der Waals surface area contributed by atoms with Gasteiger partial charge in [0.25, 0.3) is 0 Å². The molecule has 0 saturated carbocycles. The monoisotopic (exact) mass is 904 g/mol. The van der Waals surface area contributed by atoms with Crippen molar-refractivity contribution in [1.29, 1.82) is 0 Å². The van der Waals surface area contributed by atoms with Crippen LogP contribution in [0.25, 0.3) is 77.2 Å². The van der Waals surface area contributed by atoms with Gasteiger partial charge in [-0.05, 0) is 100 Å². The number of rotatable bonds is 9. The van der Waals surface area contributed by atoms with Crippen molar-refractivity contribution in [2.45, 2.75) is 9.79 Å². The summed E-state index contributed by atoms with van der Waals surface area (Å²) in [5.41, 5.74) is 15.0. The van der Waals surface area contributed by atoms with Gasteiger partial charge in [-0.25, -0.2) is 4.39 Å². The van der Waals surface area contributed by atoms with Crippen LogP contribution >= 0.6 is 11.8 Å². The van der Waals surface area contributed by atoms with Gasteiger partial charge in [0.2, 0.25) is 0 Å². The number of hydrogen-bond acceptors (Lipinski definition) is 4. The molecule has 0 fully saturated rings. The van der Waals surface area contributed by atoms with Crippen LogP contribution in [0.1, 0.15) is 0 Å². The number of para-hydroxylation sites is 4. The molecule has 0 radical (unpaired) electrons. The van der Waals surface area contributed by atoms with Crippen LogP contribution in [-0.2, 0) is 0 Å². The Morgan fingerprint density at radius 2 is 0.957 bits per heavy atom. The number of nitrogens with zero attached hydrogens (tertiary/aromatic N) is 2. The van der Waals surface area contributed by atoms with Crippen molar-refractivity contribution in [3.8, 4) is 44.5 Å². The summed E-state index contributed by atoms with van der Waals surface area (Å²) in [5.74, 6) is -0.302. The zero-order valence-electron chi connectivity index (χ0n) is 37.3. The van der Waals surface area contributed by atoms with Gasteiger partial charge in [0.05, 0.1) is 22.7 Å². The molecule has 326 valence electrons. The molecule has 0 N–H and O–H groups in total. The van der Waals surface area contributed by atoms with Crippen molar-refractivity contribution < 1.29 is 8.81 Å². The lowest BCUT2D eigenvalue weighted by Gasteiger charge is -2.32. The van der Waals surface area contributed by atoms with Crippen LogP contribution in [0.2, 0.25) is 0 Å². The molecule has 0 bridgehead atoms. The summed E-state index contributed by atoms with van der Waals surface area (Å²) < 4.78 is 24.2. The fourth-order valence-corrected chi connectivity index (χ4v) is 11.4. The average molecular weight is 905 g/mol. The Morgan fingerprint density at radius 3 is 1.74 bits per heavy atom. The third kappa shape index (κ3) is 6.97. The zero-order valence-corrected chi connectivity index (χ0v) is 38.1. The Labute approximate surface area is 404 Å². The molecular weight excluding hydrogens is 864 g/mol. The number of halogens is 1. The molecule has 3 nitrogen and oxygen atoms in total. The summed E-state index contributed by atoms with van der Waals surface area (Å²) >= 11 is 1.78. The average Bonchev–Trinajstić information content (AvgIpc) is 3.80. The van der Waals surface area contributed by atoms with E-state index in [-0.39, 0.29) is 5.82 Å². The predicted molar refractivity (Wildman–Crippen MR) is 286 cm³/mol. The molecule has 5 heteroatoms. The smallest absolute Gasteiger partial charge is 0.159 e. The molecule has 0 atom stereocenters. The van der Waals surface area contributed by atoms with E-state index in [2.05, 4.69) is 174 Å². The molecule has 0 amide bonds. The van der Waals surface area contributed by atoms with E-state index in [1.54, 1.807) is 17.8 Å². The second-order valence-electron chi connectivity index (χ2n) is 17.3. The van der Waals surface area contributed by atoms with Gasteiger partial charge in [-0.1, -0.05) is 194 Å². The number of fused-ring (bicyclic) bond motifs is 5. The van der Waals surface area contributed by atoms with Gasteiger partial charge in [0, 0.05) is 53.8 Å². The summed E-state index contributed by atoms with van der Waals surface area (Å²) in [4.78, 5) is 6.75. The summed E-state index contributed by atoms with van der Waals surface area (Å²) in [7, 11) is 0. The summed E-state index contributed by atoms with van der Waals surface area (Å²) in [6, 6.07) is 85.9. The van der Waals surface area contributed by atoms with E-state index in [0.29, 0.717) is 5.69 Å². The Hall–Kier alpha value is -8.64. The van der Waals surface area contributed by atoms with Crippen molar-refractivity contribution in [2.24, 2.45) is 0 Å². The first kappa shape index (κ1) is 40.6. The first-order valence-electron chi connectivity index (χ1n) is 23.2. The topological polar surface area (TPSA) is 19.6 Å². The summed E-state index contributed by atoms with van der Waals surface area (Å²) in [6.07, 6.45) is 0. The minimum absolute atomic E-state index is 0.302. The fourth-order valence-electron chi connectivity index (χ4n) is 10.2. The van der Waals surface area contributed by atoms with E-state index >= 15 is 4.39 Å². The quantitative estimate of drug-likeness (QED) is 0.144. The van der Waals surface area contributed by atoms with Crippen LogP contribution in [0, 0.1) is 5.82 Å². The molecule has 0 unspecified atom stereocenters. The van der Waals surface area contributed by atoms with Crippen molar-refractivity contribution in [2.75, 3.05) is 9.80 Å². The highest BCUT2D eigenvalue weighted by molar-refractivity contribution is 7.99. The van der Waals surface area contributed by atoms with Gasteiger partial charge < -0.3 is 14.2 Å². The van der Waals surface area contributed by atoms with Gasteiger partial charge in [-0.15, -0.1) is 0 Å².